The first kappa shape index (κ1) is 29.4. The van der Waals surface area contributed by atoms with Gasteiger partial charge in [0.2, 0.25) is 0 Å². The molecular formula is C19H20FeO6+. The fraction of sp³-hybridized carbons (Fsp3) is 0.263. The second kappa shape index (κ2) is 21.7. The number of rotatable bonds is 5. The maximum Gasteiger partial charge on any atom is 2.00 e. The van der Waals surface area contributed by atoms with Gasteiger partial charge in [-0.3, -0.25) is 6.29 Å². The minimum Gasteiger partial charge on any atom is 2.00 e. The van der Waals surface area contributed by atoms with Gasteiger partial charge >= 0.3 is 39.7 Å². The van der Waals surface area contributed by atoms with Crippen molar-refractivity contribution >= 4 is 6.29 Å². The summed E-state index contributed by atoms with van der Waals surface area (Å²) in [5.41, 5.74) is 0.880. The van der Waals surface area contributed by atoms with E-state index >= 15 is 0 Å². The Morgan fingerprint density at radius 2 is 1.62 bits per heavy atom. The van der Waals surface area contributed by atoms with Gasteiger partial charge in [-0.2, -0.15) is 0 Å². The van der Waals surface area contributed by atoms with Crippen LogP contribution in [0.1, 0.15) is 12.0 Å². The standard InChI is InChI=1S/C9H9O2.C8H11O2.2CO.Fe/c1-11-9-5-3-2-4-8(9)6-7-10;1-9-7-3-5-8(10-2)6-4-7;2*1-2;/h2-5H,6H2,1H3;3-5H,6H2,1-2H3;;;/q-1;;;;+2. The van der Waals surface area contributed by atoms with E-state index in [1.54, 1.807) is 21.3 Å². The first-order chi connectivity index (χ1) is 12.2. The van der Waals surface area contributed by atoms with Gasteiger partial charge in [-0.05, 0) is 24.5 Å². The Hall–Kier alpha value is -1.39. The first-order valence-corrected chi connectivity index (χ1v) is 6.95. The monoisotopic (exact) mass is 400 g/mol. The summed E-state index contributed by atoms with van der Waals surface area (Å²) in [6, 6.07) is 7.42. The van der Waals surface area contributed by atoms with Crippen LogP contribution in [0.5, 0.6) is 5.75 Å². The van der Waals surface area contributed by atoms with E-state index in [0.29, 0.717) is 6.42 Å². The second-order valence-corrected chi connectivity index (χ2v) is 4.15. The third kappa shape index (κ3) is 12.9. The van der Waals surface area contributed by atoms with Crippen LogP contribution in [0.25, 0.3) is 0 Å². The van der Waals surface area contributed by atoms with Crippen molar-refractivity contribution in [1.82, 2.24) is 0 Å². The van der Waals surface area contributed by atoms with Gasteiger partial charge in [-0.1, -0.05) is 18.2 Å². The van der Waals surface area contributed by atoms with E-state index in [9.17, 15) is 4.79 Å². The molecule has 1 fully saturated rings. The van der Waals surface area contributed by atoms with Crippen LogP contribution in [0.2, 0.25) is 0 Å². The quantitative estimate of drug-likeness (QED) is 0.432. The molecule has 0 unspecified atom stereocenters. The van der Waals surface area contributed by atoms with Gasteiger partial charge < -0.3 is 19.0 Å². The summed E-state index contributed by atoms with van der Waals surface area (Å²) in [4.78, 5) is 10.1. The fourth-order valence-corrected chi connectivity index (χ4v) is 1.74. The molecule has 1 aliphatic carbocycles. The largest absolute Gasteiger partial charge is 2.00 e. The van der Waals surface area contributed by atoms with Gasteiger partial charge in [0.05, 0.1) is 7.11 Å². The Balaban J connectivity index is -0.000000332. The Labute approximate surface area is 166 Å². The number of para-hydroxylation sites is 1. The Morgan fingerprint density at radius 3 is 2.04 bits per heavy atom. The molecule has 6 nitrogen and oxygen atoms in total. The summed E-state index contributed by atoms with van der Waals surface area (Å²) < 4.78 is 30.0. The molecule has 1 aliphatic rings. The van der Waals surface area contributed by atoms with Crippen LogP contribution in [-0.4, -0.2) is 27.6 Å². The molecule has 0 amide bonds. The molecule has 7 heteroatoms. The van der Waals surface area contributed by atoms with E-state index in [4.69, 9.17) is 23.5 Å². The van der Waals surface area contributed by atoms with Crippen molar-refractivity contribution in [1.29, 1.82) is 0 Å². The summed E-state index contributed by atoms with van der Waals surface area (Å²) in [5, 5.41) is 0. The number of carbonyl (C=O) groups excluding carboxylic acids is 1. The Kier molecular flexibility index (Phi) is 24.5. The van der Waals surface area contributed by atoms with Crippen LogP contribution in [-0.2, 0) is 47.1 Å². The van der Waals surface area contributed by atoms with Crippen LogP contribution in [0.4, 0.5) is 0 Å². The smallest absolute Gasteiger partial charge is 2.00 e. The van der Waals surface area contributed by atoms with Gasteiger partial charge in [0.25, 0.3) is 0 Å². The molecule has 0 bridgehead atoms. The number of ether oxygens (including phenoxy) is 3. The van der Waals surface area contributed by atoms with Gasteiger partial charge in [0.1, 0.15) is 18.0 Å². The van der Waals surface area contributed by atoms with Crippen LogP contribution < -0.4 is 4.74 Å². The second-order valence-electron chi connectivity index (χ2n) is 4.15. The first-order valence-electron chi connectivity index (χ1n) is 6.95. The molecule has 2 rings (SSSR count). The predicted molar refractivity (Wildman–Crippen MR) is 88.3 cm³/mol. The molecule has 0 atom stereocenters. The molecular weight excluding hydrogens is 380 g/mol. The van der Waals surface area contributed by atoms with Crippen LogP contribution in [0.15, 0.2) is 24.3 Å². The summed E-state index contributed by atoms with van der Waals surface area (Å²) >= 11 is 0. The number of hydrogen-bond donors (Lipinski definition) is 0. The number of hydrogen-bond acceptors (Lipinski definition) is 4. The fourth-order valence-electron chi connectivity index (χ4n) is 1.74. The Bertz CT molecular complexity index is 463. The molecule has 0 aliphatic heterocycles. The Morgan fingerprint density at radius 1 is 1.00 bits per heavy atom. The third-order valence-corrected chi connectivity index (χ3v) is 2.89. The normalized spacial score (nSPS) is 13.0. The van der Waals surface area contributed by atoms with Crippen molar-refractivity contribution in [3.63, 3.8) is 0 Å². The van der Waals surface area contributed by atoms with E-state index in [1.807, 2.05) is 49.8 Å². The van der Waals surface area contributed by atoms with Gasteiger partial charge in [0.15, 0.2) is 0 Å². The molecule has 5 radical (unpaired) electrons. The van der Waals surface area contributed by atoms with E-state index in [2.05, 4.69) is 13.3 Å². The molecule has 0 saturated heterocycles. The number of benzene rings is 1. The molecule has 139 valence electrons. The predicted octanol–water partition coefficient (Wildman–Crippen LogP) is 2.63. The van der Waals surface area contributed by atoms with Crippen molar-refractivity contribution in [3.05, 3.63) is 74.6 Å². The molecule has 26 heavy (non-hydrogen) atoms. The van der Waals surface area contributed by atoms with E-state index < -0.39 is 0 Å². The molecule has 1 saturated carbocycles. The van der Waals surface area contributed by atoms with Crippen molar-refractivity contribution in [3.8, 4) is 5.75 Å². The zero-order valence-electron chi connectivity index (χ0n) is 14.8. The summed E-state index contributed by atoms with van der Waals surface area (Å²) in [5.74, 6) is 0.746. The molecule has 0 aromatic heterocycles. The maximum atomic E-state index is 10.1. The summed E-state index contributed by atoms with van der Waals surface area (Å²) in [7, 11) is 4.92. The zero-order valence-corrected chi connectivity index (χ0v) is 15.9. The van der Waals surface area contributed by atoms with Crippen molar-refractivity contribution in [2.24, 2.45) is 0 Å². The van der Waals surface area contributed by atoms with Crippen molar-refractivity contribution in [2.75, 3.05) is 21.3 Å². The van der Waals surface area contributed by atoms with E-state index in [1.165, 1.54) is 0 Å². The van der Waals surface area contributed by atoms with Crippen LogP contribution >= 0.6 is 0 Å². The van der Waals surface area contributed by atoms with Crippen LogP contribution in [0, 0.1) is 44.8 Å². The molecule has 0 N–H and O–H groups in total. The topological polar surface area (TPSA) is 84.6 Å². The number of methoxy groups -OCH3 is 3. The molecule has 1 aromatic carbocycles. The van der Waals surface area contributed by atoms with Crippen LogP contribution in [0.3, 0.4) is 0 Å². The zero-order chi connectivity index (χ0) is 19.5. The summed E-state index contributed by atoms with van der Waals surface area (Å²) in [6.07, 6.45) is 10.6. The molecule has 1 aromatic rings. The van der Waals surface area contributed by atoms with Crippen molar-refractivity contribution < 1.29 is 45.4 Å². The molecule has 0 spiro atoms. The molecule has 0 heterocycles. The third-order valence-electron chi connectivity index (χ3n) is 2.89. The van der Waals surface area contributed by atoms with Gasteiger partial charge in [0, 0.05) is 27.1 Å². The minimum atomic E-state index is 0. The van der Waals surface area contributed by atoms with Gasteiger partial charge in [-0.25, -0.2) is 0 Å². The average molecular weight is 400 g/mol. The van der Waals surface area contributed by atoms with E-state index in [-0.39, 0.29) is 17.1 Å². The minimum absolute atomic E-state index is 0. The SMILES string of the molecule is CO[C]1[CH][CH][C](OC)C[CH]1.COc1ccccc1C[C-]=O.[C-]#[O+].[C-]#[O+].[Fe+2]. The maximum absolute atomic E-state index is 10.1. The summed E-state index contributed by atoms with van der Waals surface area (Å²) in [6.45, 7) is 9.00. The average Bonchev–Trinajstić information content (AvgIpc) is 2.72. The van der Waals surface area contributed by atoms with Gasteiger partial charge in [-0.15, -0.1) is 6.42 Å². The van der Waals surface area contributed by atoms with Crippen molar-refractivity contribution in [2.45, 2.75) is 12.8 Å². The van der Waals surface area contributed by atoms with E-state index in [0.717, 1.165) is 29.9 Å².